The number of carbonyl (C=O) groups excluding carboxylic acids is 2. The zero-order chi connectivity index (χ0) is 31.9. The lowest BCUT2D eigenvalue weighted by atomic mass is 9.86. The molecule has 1 aliphatic rings. The lowest BCUT2D eigenvalue weighted by molar-refractivity contribution is -0.190. The number of aliphatic carboxylic acids is 2. The molecule has 0 amide bonds. The number of pyridine rings is 1. The summed E-state index contributed by atoms with van der Waals surface area (Å²) in [6.45, 7) is 3.21. The lowest BCUT2D eigenvalue weighted by Crippen LogP contribution is -2.52. The van der Waals surface area contributed by atoms with Gasteiger partial charge in [-0.25, -0.2) is 0 Å². The van der Waals surface area contributed by atoms with E-state index >= 15 is 0 Å². The number of carbonyl (C=O) groups is 4. The van der Waals surface area contributed by atoms with Crippen molar-refractivity contribution in [2.24, 2.45) is 7.05 Å². The molecule has 44 heavy (non-hydrogen) atoms. The van der Waals surface area contributed by atoms with Gasteiger partial charge in [0.15, 0.2) is 12.2 Å². The lowest BCUT2D eigenvalue weighted by Gasteiger charge is -2.44. The average Bonchev–Trinajstić information content (AvgIpc) is 2.97. The van der Waals surface area contributed by atoms with Crippen LogP contribution in [0.5, 0.6) is 11.5 Å². The Balaban J connectivity index is 1.80. The molecule has 4 aromatic rings. The normalized spacial score (nSPS) is 17.1. The number of nitrogens with zero attached hydrogens (tertiary/aromatic N) is 1. The van der Waals surface area contributed by atoms with Crippen molar-refractivity contribution >= 4 is 56.5 Å². The Labute approximate surface area is 250 Å². The van der Waals surface area contributed by atoms with E-state index in [1.165, 1.54) is 13.2 Å². The third-order valence-electron chi connectivity index (χ3n) is 7.74. The van der Waals surface area contributed by atoms with Crippen molar-refractivity contribution in [3.05, 3.63) is 58.3 Å². The number of benzene rings is 3. The van der Waals surface area contributed by atoms with Gasteiger partial charge in [0.2, 0.25) is 5.43 Å². The summed E-state index contributed by atoms with van der Waals surface area (Å²) < 4.78 is 25.3. The Kier molecular flexibility index (Phi) is 7.94. The maximum Gasteiger partial charge on any atom is 0.307 e. The first-order chi connectivity index (χ1) is 20.8. The van der Waals surface area contributed by atoms with Gasteiger partial charge in [-0.1, -0.05) is 24.3 Å². The first kappa shape index (κ1) is 30.3. The zero-order valence-corrected chi connectivity index (χ0v) is 24.5. The Bertz CT molecular complexity index is 1910. The summed E-state index contributed by atoms with van der Waals surface area (Å²) in [5.74, 6) is -3.75. The molecule has 12 nitrogen and oxygen atoms in total. The van der Waals surface area contributed by atoms with Gasteiger partial charge in [-0.05, 0) is 36.8 Å². The summed E-state index contributed by atoms with van der Waals surface area (Å²) in [5, 5.41) is 20.5. The van der Waals surface area contributed by atoms with Crippen molar-refractivity contribution in [3.63, 3.8) is 0 Å². The van der Waals surface area contributed by atoms with Crippen LogP contribution in [0.2, 0.25) is 0 Å². The Morgan fingerprint density at radius 3 is 2.09 bits per heavy atom. The molecule has 2 N–H and O–H groups in total. The smallest absolute Gasteiger partial charge is 0.307 e. The summed E-state index contributed by atoms with van der Waals surface area (Å²) in [7, 11) is 3.14. The summed E-state index contributed by atoms with van der Waals surface area (Å²) in [5.41, 5.74) is -0.602. The van der Waals surface area contributed by atoms with Crippen LogP contribution in [0.4, 0.5) is 0 Å². The van der Waals surface area contributed by atoms with Gasteiger partial charge in [-0.15, -0.1) is 0 Å². The zero-order valence-electron chi connectivity index (χ0n) is 24.5. The number of ether oxygens (including phenoxy) is 4. The van der Waals surface area contributed by atoms with Crippen LogP contribution in [0.25, 0.3) is 32.6 Å². The Morgan fingerprint density at radius 1 is 0.909 bits per heavy atom. The molecule has 12 heteroatoms. The van der Waals surface area contributed by atoms with Crippen molar-refractivity contribution in [1.29, 1.82) is 0 Å². The van der Waals surface area contributed by atoms with Gasteiger partial charge in [-0.2, -0.15) is 0 Å². The molecular weight excluding hydrogens is 574 g/mol. The minimum absolute atomic E-state index is 0.169. The number of hydrogen-bond acceptors (Lipinski definition) is 9. The predicted octanol–water partition coefficient (Wildman–Crippen LogP) is 4.25. The molecule has 1 aliphatic heterocycles. The van der Waals surface area contributed by atoms with Crippen LogP contribution in [0.15, 0.2) is 47.3 Å². The second-order valence-electron chi connectivity index (χ2n) is 11.1. The van der Waals surface area contributed by atoms with Gasteiger partial charge < -0.3 is 33.7 Å². The van der Waals surface area contributed by atoms with Crippen LogP contribution in [-0.4, -0.2) is 57.5 Å². The van der Waals surface area contributed by atoms with Gasteiger partial charge in [-0.3, -0.25) is 24.0 Å². The Hall–Kier alpha value is -5.13. The molecule has 0 bridgehead atoms. The number of carboxylic acids is 2. The maximum atomic E-state index is 14.1. The van der Waals surface area contributed by atoms with Crippen molar-refractivity contribution in [2.75, 3.05) is 7.11 Å². The number of carboxylic acid groups (broad SMARTS) is 2. The van der Waals surface area contributed by atoms with Crippen LogP contribution in [0.3, 0.4) is 0 Å². The monoisotopic (exact) mass is 605 g/mol. The molecule has 230 valence electrons. The molecule has 2 heterocycles. The molecule has 0 aliphatic carbocycles. The number of fused-ring (bicyclic) bond motifs is 5. The number of hydrogen-bond donors (Lipinski definition) is 2. The SMILES string of the molecule is COc1cc2c(c3c1c(=O)c1cc4ccccc4cc1n3C)[C@H](OC(=O)CCC(=O)O)[C@H](OC(=O)CCC(=O)O)C(C)(C)O2. The van der Waals surface area contributed by atoms with E-state index in [1.54, 1.807) is 31.5 Å². The number of methoxy groups -OCH3 is 1. The van der Waals surface area contributed by atoms with Crippen molar-refractivity contribution in [1.82, 2.24) is 4.57 Å². The highest BCUT2D eigenvalue weighted by molar-refractivity contribution is 6.04. The summed E-state index contributed by atoms with van der Waals surface area (Å²) in [4.78, 5) is 62.2. The molecule has 0 radical (unpaired) electrons. The summed E-state index contributed by atoms with van der Waals surface area (Å²) in [6.07, 6.45) is -4.56. The quantitative estimate of drug-likeness (QED) is 0.207. The average molecular weight is 606 g/mol. The van der Waals surface area contributed by atoms with Gasteiger partial charge >= 0.3 is 23.9 Å². The molecule has 0 saturated heterocycles. The second kappa shape index (κ2) is 11.5. The molecule has 0 saturated carbocycles. The van der Waals surface area contributed by atoms with Gasteiger partial charge in [0.25, 0.3) is 0 Å². The van der Waals surface area contributed by atoms with E-state index in [0.29, 0.717) is 16.4 Å². The first-order valence-electron chi connectivity index (χ1n) is 13.9. The predicted molar refractivity (Wildman–Crippen MR) is 158 cm³/mol. The van der Waals surface area contributed by atoms with Crippen molar-refractivity contribution in [2.45, 2.75) is 57.3 Å². The minimum atomic E-state index is -1.36. The summed E-state index contributed by atoms with van der Waals surface area (Å²) >= 11 is 0. The second-order valence-corrected chi connectivity index (χ2v) is 11.1. The van der Waals surface area contributed by atoms with E-state index < -0.39 is 67.4 Å². The van der Waals surface area contributed by atoms with Crippen LogP contribution >= 0.6 is 0 Å². The summed E-state index contributed by atoms with van der Waals surface area (Å²) in [6, 6.07) is 12.7. The molecule has 3 aromatic carbocycles. The first-order valence-corrected chi connectivity index (χ1v) is 13.9. The molecular formula is C32H31NO11. The fourth-order valence-corrected chi connectivity index (χ4v) is 5.67. The number of aromatic nitrogens is 1. The maximum absolute atomic E-state index is 14.1. The van der Waals surface area contributed by atoms with Crippen LogP contribution in [0.1, 0.15) is 51.2 Å². The van der Waals surface area contributed by atoms with Crippen molar-refractivity contribution < 1.29 is 48.3 Å². The van der Waals surface area contributed by atoms with Crippen LogP contribution in [-0.2, 0) is 35.7 Å². The van der Waals surface area contributed by atoms with Crippen LogP contribution in [0, 0.1) is 0 Å². The van der Waals surface area contributed by atoms with E-state index in [1.807, 2.05) is 30.3 Å². The fraction of sp³-hybridized carbons (Fsp3) is 0.344. The topological polar surface area (TPSA) is 168 Å². The highest BCUT2D eigenvalue weighted by Gasteiger charge is 2.50. The van der Waals surface area contributed by atoms with Gasteiger partial charge in [0.05, 0.1) is 54.8 Å². The molecule has 0 unspecified atom stereocenters. The molecule has 0 spiro atoms. The van der Waals surface area contributed by atoms with E-state index in [2.05, 4.69) is 0 Å². The molecule has 2 atom stereocenters. The van der Waals surface area contributed by atoms with Gasteiger partial charge in [0, 0.05) is 18.5 Å². The largest absolute Gasteiger partial charge is 0.496 e. The highest BCUT2D eigenvalue weighted by atomic mass is 16.6. The van der Waals surface area contributed by atoms with E-state index in [9.17, 15) is 24.0 Å². The van der Waals surface area contributed by atoms with Crippen LogP contribution < -0.4 is 14.9 Å². The number of aryl methyl sites for hydroxylation is 1. The third kappa shape index (κ3) is 5.50. The standard InChI is InChI=1S/C32H31NO11/c1-32(2)31(43-25(39)12-10-23(36)37)30(42-24(38)11-9-22(34)35)27-21(44-32)15-20(41-4)26-28(27)33(3)19-14-17-8-6-5-7-16(17)13-18(19)29(26)40/h5-8,13-15,30-31H,9-12H2,1-4H3,(H,34,35)(H,36,37)/t30-,31-/m0/s1. The molecule has 0 fully saturated rings. The molecule has 5 rings (SSSR count). The van der Waals surface area contributed by atoms with E-state index in [4.69, 9.17) is 29.2 Å². The van der Waals surface area contributed by atoms with Crippen molar-refractivity contribution in [3.8, 4) is 11.5 Å². The van der Waals surface area contributed by atoms with E-state index in [0.717, 1.165) is 10.8 Å². The number of rotatable bonds is 9. The van der Waals surface area contributed by atoms with Gasteiger partial charge in [0.1, 0.15) is 17.1 Å². The highest BCUT2D eigenvalue weighted by Crippen LogP contribution is 2.49. The minimum Gasteiger partial charge on any atom is -0.496 e. The molecule has 1 aromatic heterocycles. The third-order valence-corrected chi connectivity index (χ3v) is 7.74. The fourth-order valence-electron chi connectivity index (χ4n) is 5.67. The number of esters is 2. The van der Waals surface area contributed by atoms with E-state index in [-0.39, 0.29) is 27.9 Å². The Morgan fingerprint density at radius 2 is 1.50 bits per heavy atom.